The molecule has 1 heteroatoms. The molecule has 0 saturated heterocycles. The van der Waals surface area contributed by atoms with Gasteiger partial charge < -0.3 is 0 Å². The van der Waals surface area contributed by atoms with E-state index < -0.39 is 0 Å². The number of hydrogen-bond acceptors (Lipinski definition) is 1. The molecular formula is C14H12O. The smallest absolute Gasteiger partial charge is 0.150 e. The first-order valence-electron chi connectivity index (χ1n) is 4.98. The van der Waals surface area contributed by atoms with E-state index in [1.165, 1.54) is 11.1 Å². The van der Waals surface area contributed by atoms with Crippen LogP contribution in [0.3, 0.4) is 0 Å². The number of aldehydes is 1. The van der Waals surface area contributed by atoms with Gasteiger partial charge in [0.25, 0.3) is 0 Å². The molecule has 0 aliphatic heterocycles. The van der Waals surface area contributed by atoms with Crippen molar-refractivity contribution in [3.8, 4) is 0 Å². The van der Waals surface area contributed by atoms with E-state index in [0.717, 1.165) is 18.3 Å². The third kappa shape index (κ3) is 2.32. The lowest BCUT2D eigenvalue weighted by atomic mass is 10.0. The van der Waals surface area contributed by atoms with Crippen LogP contribution in [0.15, 0.2) is 60.2 Å². The van der Waals surface area contributed by atoms with Crippen molar-refractivity contribution in [1.29, 1.82) is 0 Å². The normalized spacial score (nSPS) is 15.2. The quantitative estimate of drug-likeness (QED) is 0.664. The van der Waals surface area contributed by atoms with Crippen molar-refractivity contribution in [3.63, 3.8) is 0 Å². The Hall–Kier alpha value is -1.89. The van der Waals surface area contributed by atoms with Crippen molar-refractivity contribution in [2.24, 2.45) is 0 Å². The molecule has 0 amide bonds. The molecule has 0 unspecified atom stereocenters. The average molecular weight is 196 g/mol. The fraction of sp³-hybridized carbons (Fsp3) is 0.0714. The van der Waals surface area contributed by atoms with Crippen molar-refractivity contribution in [3.05, 3.63) is 65.8 Å². The van der Waals surface area contributed by atoms with E-state index >= 15 is 0 Å². The van der Waals surface area contributed by atoms with Crippen LogP contribution in [-0.4, -0.2) is 6.29 Å². The number of benzene rings is 1. The van der Waals surface area contributed by atoms with E-state index in [4.69, 9.17) is 0 Å². The second-order valence-electron chi connectivity index (χ2n) is 3.45. The van der Waals surface area contributed by atoms with Gasteiger partial charge in [-0.1, -0.05) is 54.6 Å². The molecule has 1 aromatic carbocycles. The molecule has 0 fully saturated rings. The molecule has 0 spiro atoms. The van der Waals surface area contributed by atoms with Crippen LogP contribution in [-0.2, 0) is 4.79 Å². The van der Waals surface area contributed by atoms with E-state index in [1.807, 2.05) is 42.5 Å². The molecule has 1 aliphatic rings. The van der Waals surface area contributed by atoms with Crippen LogP contribution in [0.5, 0.6) is 0 Å². The third-order valence-electron chi connectivity index (χ3n) is 2.41. The summed E-state index contributed by atoms with van der Waals surface area (Å²) in [7, 11) is 0. The van der Waals surface area contributed by atoms with Crippen LogP contribution in [0, 0.1) is 0 Å². The molecule has 1 aromatic rings. The van der Waals surface area contributed by atoms with Gasteiger partial charge in [0.15, 0.2) is 0 Å². The molecule has 15 heavy (non-hydrogen) atoms. The minimum Gasteiger partial charge on any atom is -0.298 e. The van der Waals surface area contributed by atoms with Crippen LogP contribution >= 0.6 is 0 Å². The Labute approximate surface area is 89.4 Å². The number of carbonyl (C=O) groups excluding carboxylic acids is 1. The standard InChI is InChI=1S/C14H12O/c15-11-12-5-4-8-14(10-9-12)13-6-2-1-3-7-13/h1-7,9-11H,8H2. The highest BCUT2D eigenvalue weighted by Crippen LogP contribution is 2.21. The molecule has 0 atom stereocenters. The van der Waals surface area contributed by atoms with Gasteiger partial charge in [-0.3, -0.25) is 4.79 Å². The van der Waals surface area contributed by atoms with Crippen LogP contribution in [0.4, 0.5) is 0 Å². The summed E-state index contributed by atoms with van der Waals surface area (Å²) >= 11 is 0. The Morgan fingerprint density at radius 3 is 2.60 bits per heavy atom. The number of rotatable bonds is 2. The van der Waals surface area contributed by atoms with E-state index in [2.05, 4.69) is 12.1 Å². The summed E-state index contributed by atoms with van der Waals surface area (Å²) in [4.78, 5) is 10.6. The lowest BCUT2D eigenvalue weighted by Crippen LogP contribution is -1.80. The fourth-order valence-electron chi connectivity index (χ4n) is 1.59. The van der Waals surface area contributed by atoms with E-state index in [0.29, 0.717) is 0 Å². The number of hydrogen-bond donors (Lipinski definition) is 0. The van der Waals surface area contributed by atoms with E-state index in [9.17, 15) is 4.79 Å². The summed E-state index contributed by atoms with van der Waals surface area (Å²) in [6.07, 6.45) is 9.50. The highest BCUT2D eigenvalue weighted by molar-refractivity contribution is 5.81. The Morgan fingerprint density at radius 2 is 1.87 bits per heavy atom. The minimum atomic E-state index is 0.723. The first kappa shape index (κ1) is 9.66. The van der Waals surface area contributed by atoms with Crippen LogP contribution in [0.2, 0.25) is 0 Å². The van der Waals surface area contributed by atoms with Gasteiger partial charge >= 0.3 is 0 Å². The molecule has 0 aromatic heterocycles. The zero-order valence-corrected chi connectivity index (χ0v) is 8.39. The second-order valence-corrected chi connectivity index (χ2v) is 3.45. The Balaban J connectivity index is 2.33. The molecule has 1 aliphatic carbocycles. The van der Waals surface area contributed by atoms with Gasteiger partial charge in [-0.15, -0.1) is 0 Å². The van der Waals surface area contributed by atoms with Crippen molar-refractivity contribution in [1.82, 2.24) is 0 Å². The van der Waals surface area contributed by atoms with Crippen molar-refractivity contribution >= 4 is 11.9 Å². The van der Waals surface area contributed by atoms with E-state index in [1.54, 1.807) is 0 Å². The van der Waals surface area contributed by atoms with Crippen molar-refractivity contribution < 1.29 is 4.79 Å². The maximum absolute atomic E-state index is 10.6. The summed E-state index contributed by atoms with van der Waals surface area (Å²) in [5.41, 5.74) is 3.18. The Morgan fingerprint density at radius 1 is 1.07 bits per heavy atom. The molecule has 0 N–H and O–H groups in total. The largest absolute Gasteiger partial charge is 0.298 e. The molecule has 2 rings (SSSR count). The van der Waals surface area contributed by atoms with Crippen molar-refractivity contribution in [2.75, 3.05) is 0 Å². The van der Waals surface area contributed by atoms with Gasteiger partial charge in [-0.2, -0.15) is 0 Å². The molecule has 0 bridgehead atoms. The summed E-state index contributed by atoms with van der Waals surface area (Å²) in [5.74, 6) is 0. The molecule has 1 nitrogen and oxygen atoms in total. The topological polar surface area (TPSA) is 17.1 Å². The number of allylic oxidation sites excluding steroid dienone is 6. The predicted molar refractivity (Wildman–Crippen MR) is 62.3 cm³/mol. The van der Waals surface area contributed by atoms with Crippen LogP contribution in [0.25, 0.3) is 5.57 Å². The van der Waals surface area contributed by atoms with Crippen LogP contribution in [0.1, 0.15) is 12.0 Å². The van der Waals surface area contributed by atoms with Gasteiger partial charge in [-0.05, 0) is 17.6 Å². The maximum atomic E-state index is 10.6. The molecule has 0 heterocycles. The van der Waals surface area contributed by atoms with Crippen molar-refractivity contribution in [2.45, 2.75) is 6.42 Å². The highest BCUT2D eigenvalue weighted by atomic mass is 16.1. The van der Waals surface area contributed by atoms with Crippen LogP contribution < -0.4 is 0 Å². The maximum Gasteiger partial charge on any atom is 0.150 e. The summed E-state index contributed by atoms with van der Waals surface area (Å²) in [5, 5.41) is 0. The van der Waals surface area contributed by atoms with Gasteiger partial charge in [0.2, 0.25) is 0 Å². The first-order chi connectivity index (χ1) is 7.40. The summed E-state index contributed by atoms with van der Waals surface area (Å²) < 4.78 is 0. The summed E-state index contributed by atoms with van der Waals surface area (Å²) in [6, 6.07) is 10.2. The van der Waals surface area contributed by atoms with Gasteiger partial charge in [0.05, 0.1) is 0 Å². The average Bonchev–Trinajstić information content (AvgIpc) is 2.55. The lowest BCUT2D eigenvalue weighted by molar-refractivity contribution is -0.104. The fourth-order valence-corrected chi connectivity index (χ4v) is 1.59. The zero-order valence-electron chi connectivity index (χ0n) is 8.39. The van der Waals surface area contributed by atoms with Gasteiger partial charge in [0, 0.05) is 5.57 Å². The Kier molecular flexibility index (Phi) is 2.93. The molecular weight excluding hydrogens is 184 g/mol. The molecule has 0 saturated carbocycles. The predicted octanol–water partition coefficient (Wildman–Crippen LogP) is 3.16. The van der Waals surface area contributed by atoms with Gasteiger partial charge in [-0.25, -0.2) is 0 Å². The minimum absolute atomic E-state index is 0.723. The summed E-state index contributed by atoms with van der Waals surface area (Å²) in [6.45, 7) is 0. The SMILES string of the molecule is O=CC1=CC=C(c2ccccc2)CC=C1. The van der Waals surface area contributed by atoms with E-state index in [-0.39, 0.29) is 0 Å². The third-order valence-corrected chi connectivity index (χ3v) is 2.41. The Bertz CT molecular complexity index is 436. The highest BCUT2D eigenvalue weighted by Gasteiger charge is 2.00. The first-order valence-corrected chi connectivity index (χ1v) is 4.98. The monoisotopic (exact) mass is 196 g/mol. The molecule has 74 valence electrons. The lowest BCUT2D eigenvalue weighted by Gasteiger charge is -2.02. The number of carbonyl (C=O) groups is 1. The zero-order chi connectivity index (χ0) is 10.5. The molecule has 0 radical (unpaired) electrons. The van der Waals surface area contributed by atoms with Gasteiger partial charge in [0.1, 0.15) is 6.29 Å². The second kappa shape index (κ2) is 4.56.